The van der Waals surface area contributed by atoms with Gasteiger partial charge in [-0.15, -0.1) is 0 Å². The summed E-state index contributed by atoms with van der Waals surface area (Å²) < 4.78 is 1.51. The molecule has 0 radical (unpaired) electrons. The van der Waals surface area contributed by atoms with Gasteiger partial charge in [0.05, 0.1) is 13.1 Å². The van der Waals surface area contributed by atoms with Crippen molar-refractivity contribution < 1.29 is 34.2 Å². The Balaban J connectivity index is 1.34. The summed E-state index contributed by atoms with van der Waals surface area (Å²) in [5.74, 6) is -3.54. The van der Waals surface area contributed by atoms with E-state index in [1.807, 2.05) is 31.2 Å². The number of aliphatic hydroxyl groups is 2. The molecule has 13 heteroatoms. The van der Waals surface area contributed by atoms with Gasteiger partial charge in [0.25, 0.3) is 17.4 Å². The summed E-state index contributed by atoms with van der Waals surface area (Å²) in [5, 5.41) is 33.7. The van der Waals surface area contributed by atoms with E-state index in [1.165, 1.54) is 4.58 Å². The van der Waals surface area contributed by atoms with Crippen molar-refractivity contribution in [2.24, 2.45) is 11.5 Å². The Labute approximate surface area is 217 Å². The molecule has 6 rings (SSSR count). The molecule has 2 aromatic rings. The molecule has 2 fully saturated rings. The summed E-state index contributed by atoms with van der Waals surface area (Å²) in [6.07, 6.45) is 0.247. The number of guanidine groups is 2. The van der Waals surface area contributed by atoms with Crippen LogP contribution in [0.15, 0.2) is 36.4 Å². The zero-order chi connectivity index (χ0) is 27.0. The van der Waals surface area contributed by atoms with E-state index >= 15 is 0 Å². The van der Waals surface area contributed by atoms with Crippen LogP contribution in [0.2, 0.25) is 0 Å². The zero-order valence-corrected chi connectivity index (χ0v) is 20.7. The maximum absolute atomic E-state index is 13.4. The number of likely N-dealkylation sites (tertiary alicyclic amines) is 1. The lowest BCUT2D eigenvalue weighted by Crippen LogP contribution is -2.92. The Kier molecular flexibility index (Phi) is 5.16. The molecule has 2 saturated heterocycles. The molecule has 0 aromatic heterocycles. The van der Waals surface area contributed by atoms with Gasteiger partial charge in [-0.05, 0) is 23.8 Å². The molecule has 10 N–H and O–H groups in total. The van der Waals surface area contributed by atoms with Gasteiger partial charge in [0, 0.05) is 18.4 Å². The van der Waals surface area contributed by atoms with Crippen molar-refractivity contribution in [2.45, 2.75) is 49.3 Å². The van der Waals surface area contributed by atoms with E-state index in [2.05, 4.69) is 20.9 Å². The SMILES string of the molecule is Cc1ccc2c(C(=O)NC3C[N+]4=C(N)N[C@@H](CN5C(=O)CCC5=O)[C@@H]5[NH+]=C(N)NC54C3(O)O)cccc2c1. The molecule has 1 spiro atoms. The largest absolute Gasteiger partial charge is 0.358 e. The highest BCUT2D eigenvalue weighted by Gasteiger charge is 2.78. The number of rotatable bonds is 4. The van der Waals surface area contributed by atoms with Crippen LogP contribution in [-0.2, 0) is 9.59 Å². The second kappa shape index (κ2) is 8.13. The van der Waals surface area contributed by atoms with Crippen LogP contribution in [-0.4, -0.2) is 92.0 Å². The molecule has 4 aliphatic heterocycles. The summed E-state index contributed by atoms with van der Waals surface area (Å²) >= 11 is 0. The summed E-state index contributed by atoms with van der Waals surface area (Å²) in [6.45, 7) is 1.85. The van der Waals surface area contributed by atoms with Crippen molar-refractivity contribution in [3.63, 3.8) is 0 Å². The van der Waals surface area contributed by atoms with Crippen LogP contribution in [0.1, 0.15) is 28.8 Å². The lowest BCUT2D eigenvalue weighted by atomic mass is 9.85. The van der Waals surface area contributed by atoms with Gasteiger partial charge in [0.2, 0.25) is 11.8 Å². The van der Waals surface area contributed by atoms with Crippen molar-refractivity contribution in [2.75, 3.05) is 13.1 Å². The molecule has 2 unspecified atom stereocenters. The fourth-order valence-electron chi connectivity index (χ4n) is 6.25. The first kappa shape index (κ1) is 24.1. The van der Waals surface area contributed by atoms with Crippen molar-refractivity contribution in [3.8, 4) is 0 Å². The number of hydrogen-bond acceptors (Lipinski definition) is 9. The van der Waals surface area contributed by atoms with Crippen molar-refractivity contribution in [1.82, 2.24) is 20.9 Å². The standard InChI is InChI=1S/C25H28N8O5/c1-12-5-6-14-13(9-12)3-2-4-15(14)21(36)29-17-11-33-23(27)28-16(10-32-18(34)7-8-19(32)35)20-24(33,25(17,37)38)31-22(26)30-20/h2-6,9,16-17,20,37-38H,7-8,10-11H2,1H3,(H6,26,27,28,29,30,31,36)/p+2/t16-,17?,20-,24?/m0/s1. The van der Waals surface area contributed by atoms with Gasteiger partial charge in [-0.2, -0.15) is 0 Å². The molecule has 198 valence electrons. The molecule has 4 heterocycles. The lowest BCUT2D eigenvalue weighted by molar-refractivity contribution is -0.674. The molecule has 2 aromatic carbocycles. The lowest BCUT2D eigenvalue weighted by Gasteiger charge is -2.41. The Hall–Kier alpha value is -4.23. The first-order chi connectivity index (χ1) is 18.0. The first-order valence-corrected chi connectivity index (χ1v) is 12.4. The number of nitrogens with zero attached hydrogens (tertiary/aromatic N) is 2. The number of benzene rings is 2. The normalized spacial score (nSPS) is 29.6. The van der Waals surface area contributed by atoms with Crippen LogP contribution in [0.25, 0.3) is 10.8 Å². The highest BCUT2D eigenvalue weighted by atomic mass is 16.5. The van der Waals surface area contributed by atoms with Gasteiger partial charge in [-0.3, -0.25) is 41.1 Å². The number of amides is 3. The van der Waals surface area contributed by atoms with E-state index in [0.717, 1.165) is 21.2 Å². The number of aryl methyl sites for hydroxylation is 1. The Bertz CT molecular complexity index is 1450. The fourth-order valence-corrected chi connectivity index (χ4v) is 6.25. The van der Waals surface area contributed by atoms with Gasteiger partial charge < -0.3 is 15.5 Å². The number of imide groups is 1. The Morgan fingerprint density at radius 1 is 1.21 bits per heavy atom. The van der Waals surface area contributed by atoms with Crippen LogP contribution >= 0.6 is 0 Å². The maximum atomic E-state index is 13.4. The Morgan fingerprint density at radius 2 is 1.95 bits per heavy atom. The van der Waals surface area contributed by atoms with Crippen LogP contribution in [0.3, 0.4) is 0 Å². The van der Waals surface area contributed by atoms with E-state index in [4.69, 9.17) is 11.5 Å². The average molecular weight is 523 g/mol. The van der Waals surface area contributed by atoms with Crippen LogP contribution in [0.4, 0.5) is 0 Å². The van der Waals surface area contributed by atoms with Crippen LogP contribution < -0.4 is 32.4 Å². The predicted molar refractivity (Wildman–Crippen MR) is 134 cm³/mol. The summed E-state index contributed by atoms with van der Waals surface area (Å²) in [6, 6.07) is 8.36. The second-order valence-electron chi connectivity index (χ2n) is 10.4. The maximum Gasteiger partial charge on any atom is 0.347 e. The van der Waals surface area contributed by atoms with E-state index in [1.54, 1.807) is 12.1 Å². The monoisotopic (exact) mass is 522 g/mol. The predicted octanol–water partition coefficient (Wildman–Crippen LogP) is -4.55. The third-order valence-electron chi connectivity index (χ3n) is 8.07. The summed E-state index contributed by atoms with van der Waals surface area (Å²) in [7, 11) is 0. The fraction of sp³-hybridized carbons (Fsp3) is 0.400. The van der Waals surface area contributed by atoms with Gasteiger partial charge in [0.1, 0.15) is 12.1 Å². The van der Waals surface area contributed by atoms with Crippen molar-refractivity contribution in [1.29, 1.82) is 0 Å². The van der Waals surface area contributed by atoms with Crippen LogP contribution in [0.5, 0.6) is 0 Å². The van der Waals surface area contributed by atoms with E-state index in [9.17, 15) is 24.6 Å². The molecule has 4 atom stereocenters. The minimum absolute atomic E-state index is 0.0525. The average Bonchev–Trinajstić information content (AvgIpc) is 3.46. The van der Waals surface area contributed by atoms with Gasteiger partial charge in [-0.1, -0.05) is 35.9 Å². The van der Waals surface area contributed by atoms with Gasteiger partial charge in [-0.25, -0.2) is 9.89 Å². The molecule has 4 aliphatic rings. The molecule has 3 amide bonds. The molecule has 0 aliphatic carbocycles. The summed E-state index contributed by atoms with van der Waals surface area (Å²) in [5.41, 5.74) is 12.2. The third kappa shape index (κ3) is 3.28. The molecule has 0 bridgehead atoms. The minimum Gasteiger partial charge on any atom is -0.358 e. The van der Waals surface area contributed by atoms with E-state index in [-0.39, 0.29) is 49.7 Å². The molecular formula is C25H30N8O5+2. The second-order valence-corrected chi connectivity index (χ2v) is 10.4. The van der Waals surface area contributed by atoms with E-state index < -0.39 is 35.5 Å². The number of hydrogen-bond donors (Lipinski definition) is 8. The topological polar surface area (TPSA) is 200 Å². The molecule has 0 saturated carbocycles. The highest BCUT2D eigenvalue weighted by Crippen LogP contribution is 2.38. The van der Waals surface area contributed by atoms with Crippen molar-refractivity contribution >= 4 is 40.4 Å². The van der Waals surface area contributed by atoms with Gasteiger partial charge >= 0.3 is 11.9 Å². The smallest absolute Gasteiger partial charge is 0.347 e. The number of carbonyl (C=O) groups is 3. The number of fused-ring (bicyclic) bond motifs is 1. The van der Waals surface area contributed by atoms with Gasteiger partial charge in [0.15, 0.2) is 6.04 Å². The molecular weight excluding hydrogens is 492 g/mol. The number of nitrogens with one attached hydrogen (secondary N) is 4. The zero-order valence-electron chi connectivity index (χ0n) is 20.7. The number of carbonyl (C=O) groups excluding carboxylic acids is 3. The summed E-state index contributed by atoms with van der Waals surface area (Å²) in [4.78, 5) is 42.2. The highest BCUT2D eigenvalue weighted by molar-refractivity contribution is 6.07. The Morgan fingerprint density at radius 3 is 2.68 bits per heavy atom. The van der Waals surface area contributed by atoms with E-state index in [0.29, 0.717) is 5.56 Å². The third-order valence-corrected chi connectivity index (χ3v) is 8.07. The first-order valence-electron chi connectivity index (χ1n) is 12.4. The minimum atomic E-state index is -2.58. The number of nitrogens with two attached hydrogens (primary N) is 2. The molecule has 38 heavy (non-hydrogen) atoms. The quantitative estimate of drug-likeness (QED) is 0.111. The molecule has 13 nitrogen and oxygen atoms in total. The van der Waals surface area contributed by atoms with Crippen LogP contribution in [0, 0.1) is 6.92 Å². The van der Waals surface area contributed by atoms with Crippen molar-refractivity contribution in [3.05, 3.63) is 47.5 Å².